The molecular formula is C42H79O11P. The van der Waals surface area contributed by atoms with Crippen molar-refractivity contribution in [3.05, 3.63) is 12.2 Å². The van der Waals surface area contributed by atoms with Crippen molar-refractivity contribution in [2.24, 2.45) is 5.92 Å². The summed E-state index contributed by atoms with van der Waals surface area (Å²) < 4.78 is 38.4. The second kappa shape index (κ2) is 33.8. The molecule has 1 aliphatic rings. The van der Waals surface area contributed by atoms with Crippen molar-refractivity contribution in [2.45, 2.75) is 212 Å². The summed E-state index contributed by atoms with van der Waals surface area (Å²) in [5.74, 6) is -0.135. The SMILES string of the molecule is CCCCCC1OC1C/C=C\CCCCCCCC(=O)OC[C@H](COP(=O)(O)OC[C@@H](O)CO)OC(=O)CCCCCCCCCCCCCCC(C)C. The van der Waals surface area contributed by atoms with Gasteiger partial charge < -0.3 is 29.3 Å². The molecule has 1 fully saturated rings. The Labute approximate surface area is 328 Å². The minimum absolute atomic E-state index is 0.182. The van der Waals surface area contributed by atoms with Crippen LogP contribution < -0.4 is 0 Å². The van der Waals surface area contributed by atoms with Crippen molar-refractivity contribution in [1.82, 2.24) is 0 Å². The highest BCUT2D eigenvalue weighted by molar-refractivity contribution is 7.47. The molecule has 3 unspecified atom stereocenters. The van der Waals surface area contributed by atoms with Gasteiger partial charge in [0, 0.05) is 12.8 Å². The zero-order chi connectivity index (χ0) is 39.7. The molecule has 12 heteroatoms. The normalized spacial score (nSPS) is 17.8. The van der Waals surface area contributed by atoms with Crippen LogP contribution in [0.5, 0.6) is 0 Å². The second-order valence-electron chi connectivity index (χ2n) is 15.6. The molecule has 0 aromatic rings. The predicted octanol–water partition coefficient (Wildman–Crippen LogP) is 10.1. The van der Waals surface area contributed by atoms with Crippen LogP contribution in [0.25, 0.3) is 0 Å². The van der Waals surface area contributed by atoms with E-state index < -0.39 is 51.8 Å². The Kier molecular flexibility index (Phi) is 31.7. The zero-order valence-electron chi connectivity index (χ0n) is 34.3. The predicted molar refractivity (Wildman–Crippen MR) is 214 cm³/mol. The minimum atomic E-state index is -4.62. The molecular weight excluding hydrogens is 711 g/mol. The van der Waals surface area contributed by atoms with E-state index in [4.69, 9.17) is 23.8 Å². The van der Waals surface area contributed by atoms with Crippen LogP contribution in [0.4, 0.5) is 0 Å². The Balaban J connectivity index is 2.24. The number of hydrogen-bond donors (Lipinski definition) is 3. The van der Waals surface area contributed by atoms with Gasteiger partial charge in [0.25, 0.3) is 0 Å². The van der Waals surface area contributed by atoms with Gasteiger partial charge in [-0.2, -0.15) is 0 Å². The van der Waals surface area contributed by atoms with E-state index >= 15 is 0 Å². The first kappa shape index (κ1) is 50.7. The van der Waals surface area contributed by atoms with E-state index in [1.165, 1.54) is 83.5 Å². The Morgan fingerprint density at radius 2 is 1.26 bits per heavy atom. The molecule has 1 rings (SSSR count). The highest BCUT2D eigenvalue weighted by atomic mass is 31.2. The van der Waals surface area contributed by atoms with Crippen molar-refractivity contribution >= 4 is 19.8 Å². The van der Waals surface area contributed by atoms with E-state index in [9.17, 15) is 24.2 Å². The van der Waals surface area contributed by atoms with Gasteiger partial charge in [0.15, 0.2) is 6.10 Å². The largest absolute Gasteiger partial charge is 0.472 e. The summed E-state index contributed by atoms with van der Waals surface area (Å²) in [5, 5.41) is 18.3. The maximum atomic E-state index is 12.6. The lowest BCUT2D eigenvalue weighted by Gasteiger charge is -2.20. The first-order valence-electron chi connectivity index (χ1n) is 21.6. The van der Waals surface area contributed by atoms with Crippen LogP contribution in [-0.4, -0.2) is 77.9 Å². The summed E-state index contributed by atoms with van der Waals surface area (Å²) in [6.45, 7) is 4.66. The molecule has 0 radical (unpaired) electrons. The standard InChI is InChI=1S/C42H79O11P/c1-4-5-22-28-39-40(53-39)29-24-19-15-12-13-16-20-25-30-41(45)49-34-38(35-51-54(47,48)50-33-37(44)32-43)52-42(46)31-26-21-17-11-9-7-6-8-10-14-18-23-27-36(2)3/h19,24,36-40,43-44H,4-18,20-23,25-35H2,1-3H3,(H,47,48)/b24-19-/t37-,38+,39?,40?/m0/s1. The molecule has 54 heavy (non-hydrogen) atoms. The number of phosphoric acid groups is 1. The molecule has 318 valence electrons. The number of aliphatic hydroxyl groups excluding tert-OH is 2. The van der Waals surface area contributed by atoms with E-state index in [2.05, 4.69) is 37.4 Å². The molecule has 3 N–H and O–H groups in total. The van der Waals surface area contributed by atoms with Gasteiger partial charge in [-0.05, 0) is 44.4 Å². The number of unbranched alkanes of at least 4 members (excludes halogenated alkanes) is 18. The van der Waals surface area contributed by atoms with Crippen LogP contribution in [-0.2, 0) is 37.4 Å². The molecule has 0 aromatic heterocycles. The van der Waals surface area contributed by atoms with E-state index in [0.717, 1.165) is 63.7 Å². The van der Waals surface area contributed by atoms with Crippen LogP contribution in [0.15, 0.2) is 12.2 Å². The Bertz CT molecular complexity index is 991. The van der Waals surface area contributed by atoms with Crippen molar-refractivity contribution in [3.63, 3.8) is 0 Å². The van der Waals surface area contributed by atoms with Crippen molar-refractivity contribution < 1.29 is 52.5 Å². The fourth-order valence-corrected chi connectivity index (χ4v) is 7.09. The second-order valence-corrected chi connectivity index (χ2v) is 17.0. The lowest BCUT2D eigenvalue weighted by atomic mass is 10.0. The third-order valence-electron chi connectivity index (χ3n) is 9.77. The first-order valence-corrected chi connectivity index (χ1v) is 23.1. The molecule has 5 atom stereocenters. The lowest BCUT2D eigenvalue weighted by molar-refractivity contribution is -0.161. The highest BCUT2D eigenvalue weighted by Gasteiger charge is 2.36. The van der Waals surface area contributed by atoms with Crippen LogP contribution in [0.2, 0.25) is 0 Å². The maximum absolute atomic E-state index is 12.6. The van der Waals surface area contributed by atoms with Gasteiger partial charge in [-0.3, -0.25) is 18.6 Å². The summed E-state index contributed by atoms with van der Waals surface area (Å²) in [6, 6.07) is 0. The number of carbonyl (C=O) groups is 2. The summed E-state index contributed by atoms with van der Waals surface area (Å²) >= 11 is 0. The monoisotopic (exact) mass is 791 g/mol. The topological polar surface area (TPSA) is 161 Å². The van der Waals surface area contributed by atoms with E-state index in [1.54, 1.807) is 0 Å². The van der Waals surface area contributed by atoms with E-state index in [1.807, 2.05) is 0 Å². The Morgan fingerprint density at radius 3 is 1.85 bits per heavy atom. The summed E-state index contributed by atoms with van der Waals surface area (Å²) in [4.78, 5) is 35.0. The summed E-state index contributed by atoms with van der Waals surface area (Å²) in [5.41, 5.74) is 0. The number of aliphatic hydroxyl groups is 2. The minimum Gasteiger partial charge on any atom is -0.462 e. The molecule has 1 saturated heterocycles. The van der Waals surface area contributed by atoms with Gasteiger partial charge in [-0.25, -0.2) is 4.57 Å². The number of hydrogen-bond acceptors (Lipinski definition) is 10. The van der Waals surface area contributed by atoms with Gasteiger partial charge in [0.2, 0.25) is 0 Å². The number of allylic oxidation sites excluding steroid dienone is 1. The lowest BCUT2D eigenvalue weighted by Crippen LogP contribution is -2.29. The number of phosphoric ester groups is 1. The first-order chi connectivity index (χ1) is 26.1. The van der Waals surface area contributed by atoms with Crippen LogP contribution in [0.3, 0.4) is 0 Å². The summed E-state index contributed by atoms with van der Waals surface area (Å²) in [7, 11) is -4.62. The fraction of sp³-hybridized carbons (Fsp3) is 0.905. The molecule has 0 amide bonds. The number of ether oxygens (including phenoxy) is 3. The molecule has 1 aliphatic heterocycles. The maximum Gasteiger partial charge on any atom is 0.472 e. The zero-order valence-corrected chi connectivity index (χ0v) is 35.2. The molecule has 1 heterocycles. The fourth-order valence-electron chi connectivity index (χ4n) is 6.30. The molecule has 0 bridgehead atoms. The van der Waals surface area contributed by atoms with Crippen LogP contribution in [0, 0.1) is 5.92 Å². The van der Waals surface area contributed by atoms with Crippen LogP contribution in [0.1, 0.15) is 188 Å². The van der Waals surface area contributed by atoms with Crippen molar-refractivity contribution in [3.8, 4) is 0 Å². The van der Waals surface area contributed by atoms with Gasteiger partial charge in [-0.15, -0.1) is 0 Å². The van der Waals surface area contributed by atoms with E-state index in [0.29, 0.717) is 25.0 Å². The number of esters is 2. The number of carbonyl (C=O) groups excluding carboxylic acids is 2. The third-order valence-corrected chi connectivity index (χ3v) is 10.7. The molecule has 0 spiro atoms. The Hall–Kier alpha value is -1.33. The summed E-state index contributed by atoms with van der Waals surface area (Å²) in [6.07, 6.45) is 30.6. The van der Waals surface area contributed by atoms with Gasteiger partial charge in [0.1, 0.15) is 12.7 Å². The average molecular weight is 791 g/mol. The van der Waals surface area contributed by atoms with Crippen molar-refractivity contribution in [2.75, 3.05) is 26.4 Å². The van der Waals surface area contributed by atoms with Gasteiger partial charge in [-0.1, -0.05) is 148 Å². The average Bonchev–Trinajstić information content (AvgIpc) is 3.90. The van der Waals surface area contributed by atoms with E-state index in [-0.39, 0.29) is 19.4 Å². The number of epoxide rings is 1. The van der Waals surface area contributed by atoms with Crippen molar-refractivity contribution in [1.29, 1.82) is 0 Å². The Morgan fingerprint density at radius 1 is 0.704 bits per heavy atom. The number of rotatable bonds is 39. The molecule has 0 aromatic carbocycles. The quantitative estimate of drug-likeness (QED) is 0.0179. The highest BCUT2D eigenvalue weighted by Crippen LogP contribution is 2.43. The smallest absolute Gasteiger partial charge is 0.462 e. The van der Waals surface area contributed by atoms with Gasteiger partial charge in [0.05, 0.1) is 32.0 Å². The van der Waals surface area contributed by atoms with Gasteiger partial charge >= 0.3 is 19.8 Å². The molecule has 0 aliphatic carbocycles. The molecule has 11 nitrogen and oxygen atoms in total. The molecule has 0 saturated carbocycles. The third kappa shape index (κ3) is 31.8. The van der Waals surface area contributed by atoms with Crippen LogP contribution >= 0.6 is 7.82 Å².